The van der Waals surface area contributed by atoms with Crippen molar-refractivity contribution in [1.82, 2.24) is 4.57 Å². The summed E-state index contributed by atoms with van der Waals surface area (Å²) in [6, 6.07) is 9.65. The predicted molar refractivity (Wildman–Crippen MR) is 74.4 cm³/mol. The van der Waals surface area contributed by atoms with Gasteiger partial charge in [-0.25, -0.2) is 0 Å². The minimum absolute atomic E-state index is 0.219. The lowest BCUT2D eigenvalue weighted by Gasteiger charge is -2.13. The number of rotatable bonds is 3. The van der Waals surface area contributed by atoms with Gasteiger partial charge in [0.25, 0.3) is 0 Å². The molecule has 1 heterocycles. The lowest BCUT2D eigenvalue weighted by atomic mass is 10.1. The Labute approximate surface area is 103 Å². The standard InChI is InChI=1S/C15H22N2/c1-10(2)17-12(4)8-14-6-5-13(7-11(3)16)9-15(14)17/h5-6,8-11H,7,16H2,1-4H3. The largest absolute Gasteiger partial charge is 0.342 e. The Balaban J connectivity index is 2.54. The third kappa shape index (κ3) is 2.37. The predicted octanol–water partition coefficient (Wildman–Crippen LogP) is 3.42. The summed E-state index contributed by atoms with van der Waals surface area (Å²) in [6.45, 7) is 8.68. The lowest BCUT2D eigenvalue weighted by Crippen LogP contribution is -2.17. The van der Waals surface area contributed by atoms with Crippen molar-refractivity contribution in [3.8, 4) is 0 Å². The number of benzene rings is 1. The van der Waals surface area contributed by atoms with E-state index in [2.05, 4.69) is 56.5 Å². The van der Waals surface area contributed by atoms with Crippen LogP contribution in [-0.2, 0) is 6.42 Å². The Morgan fingerprint density at radius 3 is 2.47 bits per heavy atom. The van der Waals surface area contributed by atoms with Gasteiger partial charge >= 0.3 is 0 Å². The van der Waals surface area contributed by atoms with Crippen LogP contribution in [0.4, 0.5) is 0 Å². The molecule has 17 heavy (non-hydrogen) atoms. The molecule has 0 radical (unpaired) electrons. The monoisotopic (exact) mass is 230 g/mol. The van der Waals surface area contributed by atoms with Gasteiger partial charge in [0, 0.05) is 23.3 Å². The van der Waals surface area contributed by atoms with Crippen LogP contribution >= 0.6 is 0 Å². The van der Waals surface area contributed by atoms with Crippen LogP contribution in [0.15, 0.2) is 24.3 Å². The van der Waals surface area contributed by atoms with Gasteiger partial charge in [-0.3, -0.25) is 0 Å². The van der Waals surface area contributed by atoms with Crippen LogP contribution in [0.3, 0.4) is 0 Å². The topological polar surface area (TPSA) is 30.9 Å². The van der Waals surface area contributed by atoms with Crippen molar-refractivity contribution in [3.05, 3.63) is 35.5 Å². The van der Waals surface area contributed by atoms with Crippen LogP contribution in [-0.4, -0.2) is 10.6 Å². The molecule has 2 N–H and O–H groups in total. The molecule has 2 aromatic rings. The molecule has 0 saturated heterocycles. The van der Waals surface area contributed by atoms with Gasteiger partial charge in [-0.2, -0.15) is 0 Å². The molecule has 2 heteroatoms. The van der Waals surface area contributed by atoms with Crippen LogP contribution in [0.2, 0.25) is 0 Å². The van der Waals surface area contributed by atoms with Crippen LogP contribution < -0.4 is 5.73 Å². The van der Waals surface area contributed by atoms with E-state index in [9.17, 15) is 0 Å². The highest BCUT2D eigenvalue weighted by Crippen LogP contribution is 2.25. The minimum atomic E-state index is 0.219. The molecule has 0 spiro atoms. The van der Waals surface area contributed by atoms with Gasteiger partial charge in [0.1, 0.15) is 0 Å². The second-order valence-electron chi connectivity index (χ2n) is 5.32. The van der Waals surface area contributed by atoms with E-state index < -0.39 is 0 Å². The summed E-state index contributed by atoms with van der Waals surface area (Å²) in [7, 11) is 0. The number of hydrogen-bond donors (Lipinski definition) is 1. The molecule has 0 aliphatic carbocycles. The molecule has 0 aliphatic heterocycles. The zero-order chi connectivity index (χ0) is 12.6. The van der Waals surface area contributed by atoms with Crippen LogP contribution in [0, 0.1) is 6.92 Å². The fraction of sp³-hybridized carbons (Fsp3) is 0.467. The fourth-order valence-corrected chi connectivity index (χ4v) is 2.59. The molecule has 0 amide bonds. The summed E-state index contributed by atoms with van der Waals surface area (Å²) >= 11 is 0. The van der Waals surface area contributed by atoms with Crippen molar-refractivity contribution in [2.45, 2.75) is 46.2 Å². The van der Waals surface area contributed by atoms with Gasteiger partial charge in [-0.05, 0) is 57.2 Å². The Morgan fingerprint density at radius 1 is 1.18 bits per heavy atom. The summed E-state index contributed by atoms with van der Waals surface area (Å²) < 4.78 is 2.39. The molecule has 0 saturated carbocycles. The summed E-state index contributed by atoms with van der Waals surface area (Å²) in [6.07, 6.45) is 0.943. The minimum Gasteiger partial charge on any atom is -0.342 e. The molecule has 2 rings (SSSR count). The lowest BCUT2D eigenvalue weighted by molar-refractivity contribution is 0.607. The Morgan fingerprint density at radius 2 is 1.88 bits per heavy atom. The number of aryl methyl sites for hydroxylation is 1. The molecule has 0 aliphatic rings. The zero-order valence-corrected chi connectivity index (χ0v) is 11.2. The maximum absolute atomic E-state index is 5.86. The molecular weight excluding hydrogens is 208 g/mol. The second kappa shape index (κ2) is 4.53. The molecule has 0 bridgehead atoms. The quantitative estimate of drug-likeness (QED) is 0.860. The molecule has 1 atom stereocenters. The summed E-state index contributed by atoms with van der Waals surface area (Å²) in [5, 5.41) is 1.32. The molecule has 92 valence electrons. The molecule has 0 fully saturated rings. The first-order chi connectivity index (χ1) is 7.99. The van der Waals surface area contributed by atoms with Crippen molar-refractivity contribution >= 4 is 10.9 Å². The SMILES string of the molecule is Cc1cc2ccc(CC(C)N)cc2n1C(C)C. The van der Waals surface area contributed by atoms with E-state index in [1.165, 1.54) is 22.2 Å². The van der Waals surface area contributed by atoms with Crippen molar-refractivity contribution < 1.29 is 0 Å². The smallest absolute Gasteiger partial charge is 0.0487 e. The highest BCUT2D eigenvalue weighted by atomic mass is 15.0. The number of nitrogens with two attached hydrogens (primary N) is 1. The summed E-state index contributed by atoms with van der Waals surface area (Å²) in [4.78, 5) is 0. The van der Waals surface area contributed by atoms with Crippen molar-refractivity contribution in [2.75, 3.05) is 0 Å². The molecule has 2 nitrogen and oxygen atoms in total. The first-order valence-electron chi connectivity index (χ1n) is 6.35. The summed E-state index contributed by atoms with van der Waals surface area (Å²) in [5.74, 6) is 0. The first kappa shape index (κ1) is 12.2. The van der Waals surface area contributed by atoms with E-state index >= 15 is 0 Å². The number of fused-ring (bicyclic) bond motifs is 1. The Hall–Kier alpha value is -1.28. The fourth-order valence-electron chi connectivity index (χ4n) is 2.59. The van der Waals surface area contributed by atoms with E-state index in [0.29, 0.717) is 6.04 Å². The summed E-state index contributed by atoms with van der Waals surface area (Å²) in [5.41, 5.74) is 9.85. The third-order valence-corrected chi connectivity index (χ3v) is 3.17. The van der Waals surface area contributed by atoms with E-state index in [-0.39, 0.29) is 6.04 Å². The zero-order valence-electron chi connectivity index (χ0n) is 11.2. The van der Waals surface area contributed by atoms with Gasteiger partial charge in [0.05, 0.1) is 0 Å². The normalized spacial score (nSPS) is 13.5. The van der Waals surface area contributed by atoms with Crippen LogP contribution in [0.5, 0.6) is 0 Å². The van der Waals surface area contributed by atoms with E-state index in [0.717, 1.165) is 6.42 Å². The highest BCUT2D eigenvalue weighted by Gasteiger charge is 2.09. The van der Waals surface area contributed by atoms with Gasteiger partial charge < -0.3 is 10.3 Å². The number of hydrogen-bond acceptors (Lipinski definition) is 1. The van der Waals surface area contributed by atoms with Gasteiger partial charge in [0.2, 0.25) is 0 Å². The van der Waals surface area contributed by atoms with Gasteiger partial charge in [-0.15, -0.1) is 0 Å². The van der Waals surface area contributed by atoms with Crippen LogP contribution in [0.25, 0.3) is 10.9 Å². The Bertz CT molecular complexity index is 521. The van der Waals surface area contributed by atoms with Gasteiger partial charge in [-0.1, -0.05) is 12.1 Å². The van der Waals surface area contributed by atoms with Gasteiger partial charge in [0.15, 0.2) is 0 Å². The van der Waals surface area contributed by atoms with Crippen molar-refractivity contribution in [3.63, 3.8) is 0 Å². The van der Waals surface area contributed by atoms with Crippen LogP contribution in [0.1, 0.15) is 38.1 Å². The number of nitrogens with zero attached hydrogens (tertiary/aromatic N) is 1. The second-order valence-corrected chi connectivity index (χ2v) is 5.32. The van der Waals surface area contributed by atoms with Crippen molar-refractivity contribution in [1.29, 1.82) is 0 Å². The first-order valence-corrected chi connectivity index (χ1v) is 6.35. The Kier molecular flexibility index (Phi) is 3.25. The third-order valence-electron chi connectivity index (χ3n) is 3.17. The molecule has 1 aromatic heterocycles. The maximum atomic E-state index is 5.86. The van der Waals surface area contributed by atoms with E-state index in [4.69, 9.17) is 5.73 Å². The van der Waals surface area contributed by atoms with Crippen molar-refractivity contribution in [2.24, 2.45) is 5.73 Å². The van der Waals surface area contributed by atoms with E-state index in [1.54, 1.807) is 0 Å². The maximum Gasteiger partial charge on any atom is 0.0487 e. The highest BCUT2D eigenvalue weighted by molar-refractivity contribution is 5.82. The number of aromatic nitrogens is 1. The average Bonchev–Trinajstić information content (AvgIpc) is 2.52. The molecule has 1 aromatic carbocycles. The average molecular weight is 230 g/mol. The molecule has 1 unspecified atom stereocenters. The molecular formula is C15H22N2. The van der Waals surface area contributed by atoms with E-state index in [1.807, 2.05) is 0 Å².